The molecule has 2 fully saturated rings. The largest absolute Gasteiger partial charge is 0.481 e. The maximum absolute atomic E-state index is 10.5. The smallest absolute Gasteiger partial charge is 0.305 e. The van der Waals surface area contributed by atoms with Gasteiger partial charge in [0.25, 0.3) is 0 Å². The predicted octanol–water partition coefficient (Wildman–Crippen LogP) is 1.44. The molecule has 2 aliphatic rings. The van der Waals surface area contributed by atoms with E-state index in [-0.39, 0.29) is 17.9 Å². The Balaban J connectivity index is 1.82. The zero-order valence-electron chi connectivity index (χ0n) is 8.91. The second kappa shape index (κ2) is 4.49. The summed E-state index contributed by atoms with van der Waals surface area (Å²) >= 11 is 0. The van der Waals surface area contributed by atoms with Gasteiger partial charge in [0.2, 0.25) is 0 Å². The molecule has 4 heteroatoms. The van der Waals surface area contributed by atoms with Crippen LogP contribution in [0.15, 0.2) is 0 Å². The van der Waals surface area contributed by atoms with Crippen LogP contribution in [0.25, 0.3) is 0 Å². The van der Waals surface area contributed by atoms with E-state index in [9.17, 15) is 4.79 Å². The van der Waals surface area contributed by atoms with Gasteiger partial charge in [0.1, 0.15) is 0 Å². The third kappa shape index (κ3) is 2.69. The van der Waals surface area contributed by atoms with Gasteiger partial charge in [-0.15, -0.1) is 0 Å². The molecular weight excluding hydrogens is 196 g/mol. The van der Waals surface area contributed by atoms with Crippen molar-refractivity contribution < 1.29 is 19.4 Å². The van der Waals surface area contributed by atoms with Crippen LogP contribution in [-0.2, 0) is 14.3 Å². The van der Waals surface area contributed by atoms with Gasteiger partial charge in [-0.3, -0.25) is 4.79 Å². The van der Waals surface area contributed by atoms with E-state index >= 15 is 0 Å². The standard InChI is InChI=1S/C11H18O4/c12-10(13)7-9-1-2-11(8-15-9)3-5-14-6-4-11/h9H,1-8H2,(H,12,13)/t9-/m1/s1. The highest BCUT2D eigenvalue weighted by molar-refractivity contribution is 5.67. The fourth-order valence-electron chi connectivity index (χ4n) is 2.47. The fourth-order valence-corrected chi connectivity index (χ4v) is 2.47. The lowest BCUT2D eigenvalue weighted by Gasteiger charge is -2.42. The van der Waals surface area contributed by atoms with Gasteiger partial charge in [-0.1, -0.05) is 0 Å². The lowest BCUT2D eigenvalue weighted by molar-refractivity contribution is -0.146. The number of aliphatic carboxylic acids is 1. The van der Waals surface area contributed by atoms with Crippen molar-refractivity contribution in [3.05, 3.63) is 0 Å². The topological polar surface area (TPSA) is 55.8 Å². The van der Waals surface area contributed by atoms with E-state index in [0.29, 0.717) is 6.61 Å². The summed E-state index contributed by atoms with van der Waals surface area (Å²) in [4.78, 5) is 10.5. The van der Waals surface area contributed by atoms with Crippen molar-refractivity contribution in [2.45, 2.75) is 38.2 Å². The number of rotatable bonds is 2. The molecule has 0 aliphatic carbocycles. The zero-order chi connectivity index (χ0) is 10.7. The van der Waals surface area contributed by atoms with Crippen LogP contribution in [-0.4, -0.2) is 37.0 Å². The molecule has 0 aromatic carbocycles. The molecule has 86 valence electrons. The molecule has 0 radical (unpaired) electrons. The third-order valence-corrected chi connectivity index (χ3v) is 3.58. The van der Waals surface area contributed by atoms with Crippen molar-refractivity contribution >= 4 is 5.97 Å². The maximum Gasteiger partial charge on any atom is 0.305 e. The van der Waals surface area contributed by atoms with Gasteiger partial charge in [-0.05, 0) is 31.1 Å². The van der Waals surface area contributed by atoms with Crippen molar-refractivity contribution in [1.82, 2.24) is 0 Å². The first-order chi connectivity index (χ1) is 7.20. The molecular formula is C11H18O4. The van der Waals surface area contributed by atoms with Crippen molar-refractivity contribution in [3.63, 3.8) is 0 Å². The number of hydrogen-bond acceptors (Lipinski definition) is 3. The molecule has 1 N–H and O–H groups in total. The molecule has 0 saturated carbocycles. The summed E-state index contributed by atoms with van der Waals surface area (Å²) in [5.41, 5.74) is 0.285. The number of ether oxygens (including phenoxy) is 2. The highest BCUT2D eigenvalue weighted by Gasteiger charge is 2.37. The first-order valence-corrected chi connectivity index (χ1v) is 5.61. The highest BCUT2D eigenvalue weighted by atomic mass is 16.5. The number of carboxylic acids is 1. The lowest BCUT2D eigenvalue weighted by atomic mass is 9.75. The first kappa shape index (κ1) is 10.9. The Morgan fingerprint density at radius 3 is 2.60 bits per heavy atom. The van der Waals surface area contributed by atoms with Crippen LogP contribution in [0.3, 0.4) is 0 Å². The van der Waals surface area contributed by atoms with Crippen LogP contribution in [0.1, 0.15) is 32.1 Å². The Kier molecular flexibility index (Phi) is 3.26. The fraction of sp³-hybridized carbons (Fsp3) is 0.909. The summed E-state index contributed by atoms with van der Waals surface area (Å²) in [5.74, 6) is -0.761. The van der Waals surface area contributed by atoms with Crippen molar-refractivity contribution in [2.75, 3.05) is 19.8 Å². The minimum Gasteiger partial charge on any atom is -0.481 e. The van der Waals surface area contributed by atoms with Crippen LogP contribution >= 0.6 is 0 Å². The summed E-state index contributed by atoms with van der Waals surface area (Å²) in [6, 6.07) is 0. The molecule has 0 bridgehead atoms. The normalized spacial score (nSPS) is 30.3. The van der Waals surface area contributed by atoms with Crippen LogP contribution in [0.4, 0.5) is 0 Å². The summed E-state index contributed by atoms with van der Waals surface area (Å²) in [5, 5.41) is 8.67. The molecule has 1 spiro atoms. The van der Waals surface area contributed by atoms with Gasteiger partial charge >= 0.3 is 5.97 Å². The van der Waals surface area contributed by atoms with Crippen LogP contribution < -0.4 is 0 Å². The number of carboxylic acid groups (broad SMARTS) is 1. The molecule has 0 unspecified atom stereocenters. The van der Waals surface area contributed by atoms with E-state index in [1.165, 1.54) is 0 Å². The van der Waals surface area contributed by atoms with E-state index in [4.69, 9.17) is 14.6 Å². The minimum absolute atomic E-state index is 0.0732. The average Bonchev–Trinajstić information content (AvgIpc) is 2.23. The Morgan fingerprint density at radius 1 is 1.33 bits per heavy atom. The molecule has 2 rings (SSSR count). The van der Waals surface area contributed by atoms with E-state index in [2.05, 4.69) is 0 Å². The highest BCUT2D eigenvalue weighted by Crippen LogP contribution is 2.40. The first-order valence-electron chi connectivity index (χ1n) is 5.61. The third-order valence-electron chi connectivity index (χ3n) is 3.58. The molecule has 0 aromatic rings. The van der Waals surface area contributed by atoms with Crippen molar-refractivity contribution in [3.8, 4) is 0 Å². The summed E-state index contributed by atoms with van der Waals surface area (Å²) in [6.45, 7) is 2.37. The second-order valence-electron chi connectivity index (χ2n) is 4.68. The van der Waals surface area contributed by atoms with Crippen LogP contribution in [0, 0.1) is 5.41 Å². The lowest BCUT2D eigenvalue weighted by Crippen LogP contribution is -2.40. The summed E-state index contributed by atoms with van der Waals surface area (Å²) < 4.78 is 11.0. The predicted molar refractivity (Wildman–Crippen MR) is 53.7 cm³/mol. The van der Waals surface area contributed by atoms with E-state index in [1.807, 2.05) is 0 Å². The summed E-state index contributed by atoms with van der Waals surface area (Å²) in [6.07, 6.45) is 4.17. The van der Waals surface area contributed by atoms with Crippen molar-refractivity contribution in [2.24, 2.45) is 5.41 Å². The van der Waals surface area contributed by atoms with Gasteiger partial charge in [0.15, 0.2) is 0 Å². The average molecular weight is 214 g/mol. The number of carbonyl (C=O) groups is 1. The molecule has 0 aromatic heterocycles. The molecule has 2 heterocycles. The van der Waals surface area contributed by atoms with Crippen LogP contribution in [0.2, 0.25) is 0 Å². The molecule has 2 aliphatic heterocycles. The van der Waals surface area contributed by atoms with E-state index in [1.54, 1.807) is 0 Å². The molecule has 15 heavy (non-hydrogen) atoms. The Labute approximate surface area is 89.6 Å². The molecule has 0 amide bonds. The molecule has 1 atom stereocenters. The summed E-state index contributed by atoms with van der Waals surface area (Å²) in [7, 11) is 0. The molecule has 2 saturated heterocycles. The zero-order valence-corrected chi connectivity index (χ0v) is 8.91. The molecule has 4 nitrogen and oxygen atoms in total. The SMILES string of the molecule is O=C(O)C[C@H]1CCC2(CCOCC2)CO1. The van der Waals surface area contributed by atoms with Gasteiger partial charge in [-0.25, -0.2) is 0 Å². The van der Waals surface area contributed by atoms with E-state index in [0.717, 1.165) is 38.9 Å². The van der Waals surface area contributed by atoms with Gasteiger partial charge in [0, 0.05) is 13.2 Å². The minimum atomic E-state index is -0.761. The van der Waals surface area contributed by atoms with E-state index < -0.39 is 5.97 Å². The second-order valence-corrected chi connectivity index (χ2v) is 4.68. The van der Waals surface area contributed by atoms with Gasteiger partial charge in [-0.2, -0.15) is 0 Å². The van der Waals surface area contributed by atoms with Crippen molar-refractivity contribution in [1.29, 1.82) is 0 Å². The van der Waals surface area contributed by atoms with Crippen LogP contribution in [0.5, 0.6) is 0 Å². The Bertz CT molecular complexity index is 223. The van der Waals surface area contributed by atoms with Gasteiger partial charge in [0.05, 0.1) is 19.1 Å². The van der Waals surface area contributed by atoms with Gasteiger partial charge < -0.3 is 14.6 Å². The monoisotopic (exact) mass is 214 g/mol. The quantitative estimate of drug-likeness (QED) is 0.755. The Hall–Kier alpha value is -0.610. The Morgan fingerprint density at radius 2 is 2.07 bits per heavy atom. The maximum atomic E-state index is 10.5. The number of hydrogen-bond donors (Lipinski definition) is 1.